The van der Waals surface area contributed by atoms with Gasteiger partial charge in [-0.15, -0.1) is 0 Å². The maximum Gasteiger partial charge on any atom is 0.312 e. The van der Waals surface area contributed by atoms with Crippen molar-refractivity contribution in [2.24, 2.45) is 22.7 Å². The Morgan fingerprint density at radius 3 is 1.45 bits per heavy atom. The fraction of sp³-hybridized carbons (Fsp3) is 0.760. The molecule has 0 bridgehead atoms. The number of carbonyl (C=O) groups is 2. The first kappa shape index (κ1) is 27.4. The van der Waals surface area contributed by atoms with Gasteiger partial charge in [0, 0.05) is 10.8 Å². The van der Waals surface area contributed by atoms with Gasteiger partial charge in [0.15, 0.2) is 0 Å². The number of aliphatic hydroxyl groups is 2. The summed E-state index contributed by atoms with van der Waals surface area (Å²) in [5, 5.41) is 18.7. The highest BCUT2D eigenvalue weighted by molar-refractivity contribution is 5.75. The van der Waals surface area contributed by atoms with Crippen LogP contribution in [-0.2, 0) is 19.1 Å². The van der Waals surface area contributed by atoms with Crippen LogP contribution in [0.4, 0.5) is 0 Å². The SMILES string of the molecule is CC(C)(CO)COC(=O)C1/C=C\C=C\C(C(=O)OCC(C)(C)CO)CCCCCCC1. The Morgan fingerprint density at radius 1 is 0.742 bits per heavy atom. The molecule has 6 heteroatoms. The van der Waals surface area contributed by atoms with Crippen LogP contribution in [0, 0.1) is 22.7 Å². The Bertz CT molecular complexity index is 553. The van der Waals surface area contributed by atoms with E-state index in [9.17, 15) is 19.8 Å². The van der Waals surface area contributed by atoms with Crippen molar-refractivity contribution in [2.45, 2.75) is 72.6 Å². The number of esters is 2. The van der Waals surface area contributed by atoms with Crippen LogP contribution in [0.3, 0.4) is 0 Å². The zero-order valence-corrected chi connectivity index (χ0v) is 19.8. The number of aliphatic hydroxyl groups excluding tert-OH is 2. The highest BCUT2D eigenvalue weighted by Crippen LogP contribution is 2.22. The van der Waals surface area contributed by atoms with E-state index >= 15 is 0 Å². The molecule has 1 aliphatic rings. The Labute approximate surface area is 187 Å². The summed E-state index contributed by atoms with van der Waals surface area (Å²) in [6.07, 6.45) is 13.7. The van der Waals surface area contributed by atoms with Crippen molar-refractivity contribution in [1.82, 2.24) is 0 Å². The summed E-state index contributed by atoms with van der Waals surface area (Å²) >= 11 is 0. The number of hydrogen-bond acceptors (Lipinski definition) is 6. The molecule has 178 valence electrons. The lowest BCUT2D eigenvalue weighted by molar-refractivity contribution is -0.151. The van der Waals surface area contributed by atoms with Crippen LogP contribution in [0.1, 0.15) is 72.6 Å². The molecule has 0 fully saturated rings. The molecule has 0 heterocycles. The summed E-state index contributed by atoms with van der Waals surface area (Å²) in [7, 11) is 0. The van der Waals surface area contributed by atoms with Crippen LogP contribution < -0.4 is 0 Å². The molecule has 2 unspecified atom stereocenters. The highest BCUT2D eigenvalue weighted by atomic mass is 16.5. The van der Waals surface area contributed by atoms with Crippen molar-refractivity contribution in [2.75, 3.05) is 26.4 Å². The summed E-state index contributed by atoms with van der Waals surface area (Å²) in [6.45, 7) is 7.68. The first-order chi connectivity index (χ1) is 14.6. The van der Waals surface area contributed by atoms with Gasteiger partial charge >= 0.3 is 11.9 Å². The maximum absolute atomic E-state index is 12.6. The summed E-state index contributed by atoms with van der Waals surface area (Å²) in [6, 6.07) is 0. The lowest BCUT2D eigenvalue weighted by Crippen LogP contribution is -2.28. The van der Waals surface area contributed by atoms with Gasteiger partial charge in [0.2, 0.25) is 0 Å². The molecular formula is C25H42O6. The van der Waals surface area contributed by atoms with Crippen LogP contribution in [-0.4, -0.2) is 48.6 Å². The molecule has 2 N–H and O–H groups in total. The largest absolute Gasteiger partial charge is 0.465 e. The summed E-state index contributed by atoms with van der Waals surface area (Å²) < 4.78 is 10.9. The van der Waals surface area contributed by atoms with E-state index in [0.29, 0.717) is 0 Å². The minimum absolute atomic E-state index is 0.0451. The zero-order chi connectivity index (χ0) is 23.3. The number of allylic oxidation sites excluding steroid dienone is 2. The monoisotopic (exact) mass is 438 g/mol. The van der Waals surface area contributed by atoms with Crippen molar-refractivity contribution in [3.05, 3.63) is 24.3 Å². The Balaban J connectivity index is 2.78. The van der Waals surface area contributed by atoms with Gasteiger partial charge in [0.1, 0.15) is 0 Å². The van der Waals surface area contributed by atoms with Crippen LogP contribution in [0.25, 0.3) is 0 Å². The molecular weight excluding hydrogens is 396 g/mol. The second-order valence-corrected chi connectivity index (χ2v) is 10.2. The fourth-order valence-electron chi connectivity index (χ4n) is 3.08. The van der Waals surface area contributed by atoms with Crippen molar-refractivity contribution in [3.63, 3.8) is 0 Å². The topological polar surface area (TPSA) is 93.1 Å². The smallest absolute Gasteiger partial charge is 0.312 e. The molecule has 1 rings (SSSR count). The van der Waals surface area contributed by atoms with E-state index in [1.807, 2.05) is 39.8 Å². The third-order valence-electron chi connectivity index (χ3n) is 5.50. The average molecular weight is 439 g/mol. The van der Waals surface area contributed by atoms with Gasteiger partial charge in [-0.2, -0.15) is 0 Å². The minimum Gasteiger partial charge on any atom is -0.465 e. The molecule has 0 aromatic rings. The normalized spacial score (nSPS) is 23.5. The van der Waals surface area contributed by atoms with Crippen LogP contribution in [0.5, 0.6) is 0 Å². The predicted molar refractivity (Wildman–Crippen MR) is 121 cm³/mol. The van der Waals surface area contributed by atoms with E-state index in [2.05, 4.69) is 0 Å². The number of hydrogen-bond donors (Lipinski definition) is 2. The van der Waals surface area contributed by atoms with E-state index in [4.69, 9.17) is 9.47 Å². The van der Waals surface area contributed by atoms with E-state index in [1.54, 1.807) is 12.2 Å². The van der Waals surface area contributed by atoms with Crippen molar-refractivity contribution >= 4 is 11.9 Å². The van der Waals surface area contributed by atoms with Crippen molar-refractivity contribution < 1.29 is 29.3 Å². The van der Waals surface area contributed by atoms with Crippen LogP contribution in [0.2, 0.25) is 0 Å². The summed E-state index contributed by atoms with van der Waals surface area (Å²) in [4.78, 5) is 25.1. The Morgan fingerprint density at radius 2 is 1.10 bits per heavy atom. The van der Waals surface area contributed by atoms with E-state index in [1.165, 1.54) is 0 Å². The van der Waals surface area contributed by atoms with Gasteiger partial charge in [0.05, 0.1) is 38.3 Å². The van der Waals surface area contributed by atoms with Crippen LogP contribution >= 0.6 is 0 Å². The molecule has 0 aromatic heterocycles. The van der Waals surface area contributed by atoms with Gasteiger partial charge in [-0.3, -0.25) is 9.59 Å². The zero-order valence-electron chi connectivity index (χ0n) is 19.8. The third kappa shape index (κ3) is 11.5. The van der Waals surface area contributed by atoms with Crippen molar-refractivity contribution in [3.8, 4) is 0 Å². The lowest BCUT2D eigenvalue weighted by atomic mass is 9.96. The highest BCUT2D eigenvalue weighted by Gasteiger charge is 2.24. The summed E-state index contributed by atoms with van der Waals surface area (Å²) in [5.74, 6) is -1.22. The Hall–Kier alpha value is -1.66. The van der Waals surface area contributed by atoms with Gasteiger partial charge in [0.25, 0.3) is 0 Å². The van der Waals surface area contributed by atoms with Crippen molar-refractivity contribution in [1.29, 1.82) is 0 Å². The molecule has 0 saturated heterocycles. The molecule has 0 aliphatic heterocycles. The molecule has 31 heavy (non-hydrogen) atoms. The minimum atomic E-state index is -0.458. The fourth-order valence-corrected chi connectivity index (χ4v) is 3.08. The number of ether oxygens (including phenoxy) is 2. The number of rotatable bonds is 8. The molecule has 6 nitrogen and oxygen atoms in total. The quantitative estimate of drug-likeness (QED) is 0.552. The average Bonchev–Trinajstić information content (AvgIpc) is 2.77. The molecule has 0 amide bonds. The molecule has 1 aliphatic carbocycles. The molecule has 0 aromatic carbocycles. The Kier molecular flexibility index (Phi) is 12.1. The predicted octanol–water partition coefficient (Wildman–Crippen LogP) is 4.20. The van der Waals surface area contributed by atoms with Gasteiger partial charge in [-0.25, -0.2) is 0 Å². The standard InChI is InChI=1S/C25H42O6/c1-24(2,16-26)18-30-22(28)20-12-8-6-5-7-9-13-21(15-11-10-14-20)23(29)31-19-25(3,4)17-27/h10-11,14-15,20-21,26-27H,5-9,12-13,16-19H2,1-4H3/b14-10-,15-11+. The van der Waals surface area contributed by atoms with E-state index < -0.39 is 10.8 Å². The maximum atomic E-state index is 12.6. The van der Waals surface area contributed by atoms with E-state index in [-0.39, 0.29) is 50.2 Å². The second kappa shape index (κ2) is 13.7. The third-order valence-corrected chi connectivity index (χ3v) is 5.50. The van der Waals surface area contributed by atoms with Gasteiger partial charge in [-0.05, 0) is 12.8 Å². The van der Waals surface area contributed by atoms with E-state index in [0.717, 1.165) is 44.9 Å². The molecule has 2 atom stereocenters. The first-order valence-electron chi connectivity index (χ1n) is 11.5. The lowest BCUT2D eigenvalue weighted by Gasteiger charge is -2.22. The summed E-state index contributed by atoms with van der Waals surface area (Å²) in [5.41, 5.74) is -0.915. The van der Waals surface area contributed by atoms with Gasteiger partial charge < -0.3 is 19.7 Å². The molecule has 0 saturated carbocycles. The molecule has 0 spiro atoms. The van der Waals surface area contributed by atoms with Gasteiger partial charge in [-0.1, -0.05) is 84.1 Å². The first-order valence-corrected chi connectivity index (χ1v) is 11.5. The number of carbonyl (C=O) groups excluding carboxylic acids is 2. The van der Waals surface area contributed by atoms with Crippen LogP contribution in [0.15, 0.2) is 24.3 Å². The second-order valence-electron chi connectivity index (χ2n) is 10.2. The molecule has 0 radical (unpaired) electrons.